The van der Waals surface area contributed by atoms with Crippen LogP contribution in [0.5, 0.6) is 0 Å². The maximum absolute atomic E-state index is 13.0. The Kier molecular flexibility index (Phi) is 57.4. The van der Waals surface area contributed by atoms with Crippen molar-refractivity contribution in [3.8, 4) is 0 Å². The molecule has 450 valence electrons. The van der Waals surface area contributed by atoms with Crippen molar-refractivity contribution in [2.24, 2.45) is 0 Å². The second-order valence-electron chi connectivity index (χ2n) is 24.2. The summed E-state index contributed by atoms with van der Waals surface area (Å²) in [4.78, 5) is 23.4. The highest BCUT2D eigenvalue weighted by molar-refractivity contribution is 7.47. The average molecular weight is 1090 g/mol. The number of amides is 1. The lowest BCUT2D eigenvalue weighted by Crippen LogP contribution is -2.45. The quantitative estimate of drug-likeness (QED) is 0.0243. The summed E-state index contributed by atoms with van der Waals surface area (Å²) in [5, 5.41) is 14.0. The molecule has 0 aliphatic rings. The Bertz CT molecular complexity index is 1330. The molecule has 76 heavy (non-hydrogen) atoms. The topological polar surface area (TPSA) is 105 Å². The minimum atomic E-state index is -4.35. The molecule has 0 rings (SSSR count). The number of phosphoric ester groups is 1. The Morgan fingerprint density at radius 1 is 0.447 bits per heavy atom. The molecule has 0 spiro atoms. The van der Waals surface area contributed by atoms with Crippen LogP contribution in [0, 0.1) is 0 Å². The van der Waals surface area contributed by atoms with E-state index in [0.29, 0.717) is 17.4 Å². The summed E-state index contributed by atoms with van der Waals surface area (Å²) in [6, 6.07) is -0.849. The summed E-state index contributed by atoms with van der Waals surface area (Å²) in [5.74, 6) is -0.175. The van der Waals surface area contributed by atoms with Crippen LogP contribution in [0.2, 0.25) is 0 Å². The highest BCUT2D eigenvalue weighted by atomic mass is 31.2. The number of carbonyl (C=O) groups is 1. The van der Waals surface area contributed by atoms with Crippen molar-refractivity contribution < 1.29 is 32.9 Å². The molecule has 0 saturated carbocycles. The summed E-state index contributed by atoms with van der Waals surface area (Å²) >= 11 is 0. The van der Waals surface area contributed by atoms with E-state index in [1.54, 1.807) is 6.08 Å². The smallest absolute Gasteiger partial charge is 0.387 e. The number of likely N-dealkylation sites (N-methyl/N-ethyl adjacent to an activating group) is 1. The third-order valence-electron chi connectivity index (χ3n) is 15.4. The average Bonchev–Trinajstić information content (AvgIpc) is 3.38. The molecule has 0 bridgehead atoms. The molecule has 1 amide bonds. The number of aliphatic hydroxyl groups is 1. The van der Waals surface area contributed by atoms with Gasteiger partial charge in [-0.05, 0) is 51.4 Å². The van der Waals surface area contributed by atoms with Gasteiger partial charge in [-0.2, -0.15) is 0 Å². The number of nitrogens with one attached hydrogen (secondary N) is 1. The number of hydrogen-bond donors (Lipinski definition) is 3. The number of unbranched alkanes of at least 4 members (excludes halogenated alkanes) is 45. The van der Waals surface area contributed by atoms with Crippen LogP contribution in [0.3, 0.4) is 0 Å². The predicted molar refractivity (Wildman–Crippen MR) is 332 cm³/mol. The molecule has 0 aromatic heterocycles. The second kappa shape index (κ2) is 58.4. The van der Waals surface area contributed by atoms with Crippen molar-refractivity contribution in [1.29, 1.82) is 0 Å². The molecule has 3 atom stereocenters. The first-order chi connectivity index (χ1) is 37.0. The third-order valence-corrected chi connectivity index (χ3v) is 16.3. The van der Waals surface area contributed by atoms with Crippen LogP contribution >= 0.6 is 7.82 Å². The van der Waals surface area contributed by atoms with Gasteiger partial charge in [0.15, 0.2) is 0 Å². The monoisotopic (exact) mass is 1090 g/mol. The highest BCUT2D eigenvalue weighted by Gasteiger charge is 2.28. The van der Waals surface area contributed by atoms with Crippen LogP contribution in [-0.4, -0.2) is 73.4 Å². The second-order valence-corrected chi connectivity index (χ2v) is 25.7. The van der Waals surface area contributed by atoms with E-state index in [4.69, 9.17) is 9.05 Å². The van der Waals surface area contributed by atoms with Crippen molar-refractivity contribution in [1.82, 2.24) is 5.32 Å². The Labute approximate surface area is 474 Å². The molecule has 0 fully saturated rings. The molecule has 0 aromatic rings. The molecule has 0 aromatic carbocycles. The molecule has 0 heterocycles. The lowest BCUT2D eigenvalue weighted by atomic mass is 10.0. The van der Waals surface area contributed by atoms with Crippen molar-refractivity contribution in [2.45, 2.75) is 347 Å². The van der Waals surface area contributed by atoms with Crippen molar-refractivity contribution in [3.05, 3.63) is 36.5 Å². The Morgan fingerprint density at radius 2 is 0.750 bits per heavy atom. The fourth-order valence-electron chi connectivity index (χ4n) is 10.1. The van der Waals surface area contributed by atoms with Gasteiger partial charge in [0.25, 0.3) is 0 Å². The van der Waals surface area contributed by atoms with E-state index < -0.39 is 20.0 Å². The molecule has 0 aliphatic heterocycles. The van der Waals surface area contributed by atoms with Crippen LogP contribution in [0.4, 0.5) is 0 Å². The fourth-order valence-corrected chi connectivity index (χ4v) is 10.9. The first-order valence-electron chi connectivity index (χ1n) is 33.4. The first kappa shape index (κ1) is 74.7. The number of carbonyl (C=O) groups excluding carboxylic acids is 1. The Balaban J connectivity index is 4.08. The first-order valence-corrected chi connectivity index (χ1v) is 34.9. The summed E-state index contributed by atoms with van der Waals surface area (Å²) < 4.78 is 23.8. The SMILES string of the molecule is CCCCCCC/C=C\C/C=C\CCCCCCCCCCCCCC(=O)NC(COP(=O)(O)OCC[N+](C)(C)C)C(O)/C=C/CCCCCCCCCCCCCCCCCCCCCCCCCCCCCCC. The van der Waals surface area contributed by atoms with E-state index in [1.165, 1.54) is 270 Å². The molecule has 8 nitrogen and oxygen atoms in total. The van der Waals surface area contributed by atoms with E-state index in [0.717, 1.165) is 44.9 Å². The lowest BCUT2D eigenvalue weighted by Gasteiger charge is -2.25. The van der Waals surface area contributed by atoms with E-state index in [2.05, 4.69) is 43.5 Å². The molecule has 9 heteroatoms. The largest absolute Gasteiger partial charge is 0.472 e. The maximum atomic E-state index is 13.0. The number of allylic oxidation sites excluding steroid dienone is 5. The van der Waals surface area contributed by atoms with Crippen molar-refractivity contribution in [2.75, 3.05) is 40.9 Å². The minimum Gasteiger partial charge on any atom is -0.387 e. The molecule has 0 saturated heterocycles. The van der Waals surface area contributed by atoms with Gasteiger partial charge in [0.05, 0.1) is 39.9 Å². The highest BCUT2D eigenvalue weighted by Crippen LogP contribution is 2.43. The van der Waals surface area contributed by atoms with Crippen LogP contribution < -0.4 is 5.32 Å². The number of phosphoric acid groups is 1. The maximum Gasteiger partial charge on any atom is 0.472 e. The number of hydrogen-bond acceptors (Lipinski definition) is 5. The predicted octanol–water partition coefficient (Wildman–Crippen LogP) is 20.9. The van der Waals surface area contributed by atoms with Gasteiger partial charge in [-0.25, -0.2) is 4.57 Å². The number of quaternary nitrogens is 1. The zero-order chi connectivity index (χ0) is 55.6. The van der Waals surface area contributed by atoms with Crippen molar-refractivity contribution >= 4 is 13.7 Å². The van der Waals surface area contributed by atoms with Gasteiger partial charge in [-0.1, -0.05) is 314 Å². The van der Waals surface area contributed by atoms with Gasteiger partial charge in [-0.3, -0.25) is 13.8 Å². The Hall–Kier alpha value is -1.28. The van der Waals surface area contributed by atoms with Crippen LogP contribution in [0.15, 0.2) is 36.5 Å². The summed E-state index contributed by atoms with van der Waals surface area (Å²) in [5.41, 5.74) is 0. The zero-order valence-electron chi connectivity index (χ0n) is 51.5. The van der Waals surface area contributed by atoms with Crippen LogP contribution in [0.25, 0.3) is 0 Å². The molecular formula is C67H132N2O6P+. The van der Waals surface area contributed by atoms with E-state index >= 15 is 0 Å². The fraction of sp³-hybridized carbons (Fsp3) is 0.896. The molecule has 3 N–H and O–H groups in total. The van der Waals surface area contributed by atoms with Crippen LogP contribution in [0.1, 0.15) is 335 Å². The summed E-state index contributed by atoms with van der Waals surface area (Å²) in [6.45, 7) is 4.85. The molecule has 0 aliphatic carbocycles. The number of rotatable bonds is 62. The van der Waals surface area contributed by atoms with Gasteiger partial charge < -0.3 is 19.8 Å². The van der Waals surface area contributed by atoms with E-state index in [-0.39, 0.29) is 19.1 Å². The van der Waals surface area contributed by atoms with Crippen LogP contribution in [-0.2, 0) is 18.4 Å². The van der Waals surface area contributed by atoms with Gasteiger partial charge in [0, 0.05) is 6.42 Å². The van der Waals surface area contributed by atoms with Crippen molar-refractivity contribution in [3.63, 3.8) is 0 Å². The van der Waals surface area contributed by atoms with Gasteiger partial charge in [0.1, 0.15) is 13.2 Å². The van der Waals surface area contributed by atoms with E-state index in [9.17, 15) is 19.4 Å². The van der Waals surface area contributed by atoms with Gasteiger partial charge in [-0.15, -0.1) is 0 Å². The molecular weight excluding hydrogens is 960 g/mol. The third kappa shape index (κ3) is 60.4. The number of nitrogens with zero attached hydrogens (tertiary/aromatic N) is 1. The van der Waals surface area contributed by atoms with E-state index in [1.807, 2.05) is 27.2 Å². The Morgan fingerprint density at radius 3 is 1.08 bits per heavy atom. The molecule has 0 radical (unpaired) electrons. The lowest BCUT2D eigenvalue weighted by molar-refractivity contribution is -0.870. The normalized spacial score (nSPS) is 13.9. The molecule has 3 unspecified atom stereocenters. The minimum absolute atomic E-state index is 0.0619. The zero-order valence-corrected chi connectivity index (χ0v) is 52.4. The van der Waals surface area contributed by atoms with Gasteiger partial charge in [0.2, 0.25) is 5.91 Å². The van der Waals surface area contributed by atoms with Gasteiger partial charge >= 0.3 is 7.82 Å². The summed E-state index contributed by atoms with van der Waals surface area (Å²) in [7, 11) is 1.58. The standard InChI is InChI=1S/C67H131N2O6P/c1-6-8-10-12-14-16-18-20-22-24-26-28-30-31-32-33-34-35-36-37-39-40-42-44-46-48-50-52-54-56-58-60-66(70)65(64-75-76(72,73)74-63-62-69(3,4)5)68-67(71)61-59-57-55-53-51-49-47-45-43-41-38-29-27-25-23-21-19-17-15-13-11-9-7-2/h19,21,25,27,58,60,65-66,70H,6-18,20,22-24,26,28-57,59,61-64H2,1-5H3,(H-,68,71,72,73)/p+1/b21-19-,27-25-,60-58+. The number of aliphatic hydroxyl groups excluding tert-OH is 1. The summed E-state index contributed by atoms with van der Waals surface area (Å²) in [6.07, 6.45) is 77.1.